The van der Waals surface area contributed by atoms with Crippen LogP contribution < -0.4 is 10.5 Å². The van der Waals surface area contributed by atoms with E-state index < -0.39 is 20.7 Å². The van der Waals surface area contributed by atoms with Gasteiger partial charge in [0.1, 0.15) is 10.7 Å². The quantitative estimate of drug-likeness (QED) is 0.776. The summed E-state index contributed by atoms with van der Waals surface area (Å²) in [6.45, 7) is 4.78. The number of rotatable bonds is 6. The Morgan fingerprint density at radius 1 is 1.35 bits per heavy atom. The maximum Gasteiger partial charge on any atom is 0.243 e. The molecule has 0 bridgehead atoms. The summed E-state index contributed by atoms with van der Waals surface area (Å²) in [4.78, 5) is 1.55. The average molecular weight is 303 g/mol. The van der Waals surface area contributed by atoms with Crippen LogP contribution in [0, 0.1) is 11.2 Å². The lowest BCUT2D eigenvalue weighted by atomic mass is 9.93. The normalized spacial score (nSPS) is 12.9. The first kappa shape index (κ1) is 16.9. The lowest BCUT2D eigenvalue weighted by molar-refractivity contribution is 0.242. The Hall–Kier alpha value is -1.18. The minimum atomic E-state index is -3.91. The summed E-state index contributed by atoms with van der Waals surface area (Å²) in [6.07, 6.45) is 0. The number of nitrogens with zero attached hydrogens (tertiary/aromatic N) is 1. The average Bonchev–Trinajstić information content (AvgIpc) is 2.28. The third-order valence-corrected chi connectivity index (χ3v) is 4.15. The molecule has 0 unspecified atom stereocenters. The topological polar surface area (TPSA) is 75.4 Å². The highest BCUT2D eigenvalue weighted by Gasteiger charge is 2.25. The lowest BCUT2D eigenvalue weighted by Crippen LogP contribution is -2.40. The molecular weight excluding hydrogens is 281 g/mol. The Balaban J connectivity index is 2.88. The van der Waals surface area contributed by atoms with Crippen molar-refractivity contribution in [2.45, 2.75) is 18.7 Å². The third-order valence-electron chi connectivity index (χ3n) is 2.73. The van der Waals surface area contributed by atoms with Gasteiger partial charge in [0.25, 0.3) is 0 Å². The highest BCUT2D eigenvalue weighted by atomic mass is 32.2. The number of hydrogen-bond donors (Lipinski definition) is 2. The second-order valence-electron chi connectivity index (χ2n) is 5.92. The predicted molar refractivity (Wildman–Crippen MR) is 78.3 cm³/mol. The zero-order valence-electron chi connectivity index (χ0n) is 12.3. The van der Waals surface area contributed by atoms with E-state index in [1.165, 1.54) is 6.07 Å². The number of halogens is 1. The second-order valence-corrected chi connectivity index (χ2v) is 7.65. The van der Waals surface area contributed by atoms with Crippen LogP contribution in [0.5, 0.6) is 0 Å². The van der Waals surface area contributed by atoms with E-state index in [0.717, 1.165) is 12.1 Å². The number of hydrogen-bond acceptors (Lipinski definition) is 4. The van der Waals surface area contributed by atoms with Crippen molar-refractivity contribution < 1.29 is 12.8 Å². The van der Waals surface area contributed by atoms with Crippen molar-refractivity contribution in [3.05, 3.63) is 24.0 Å². The van der Waals surface area contributed by atoms with Gasteiger partial charge in [-0.3, -0.25) is 0 Å². The second kappa shape index (κ2) is 6.07. The Labute approximate surface area is 120 Å². The molecule has 1 aromatic rings. The molecule has 1 aromatic carbocycles. The van der Waals surface area contributed by atoms with Crippen molar-refractivity contribution in [3.8, 4) is 0 Å². The van der Waals surface area contributed by atoms with Crippen LogP contribution in [-0.4, -0.2) is 40.5 Å². The van der Waals surface area contributed by atoms with E-state index in [4.69, 9.17) is 5.73 Å². The fraction of sp³-hybridized carbons (Fsp3) is 0.538. The van der Waals surface area contributed by atoms with E-state index in [0.29, 0.717) is 6.54 Å². The van der Waals surface area contributed by atoms with Crippen LogP contribution >= 0.6 is 0 Å². The summed E-state index contributed by atoms with van der Waals surface area (Å²) < 4.78 is 40.3. The van der Waals surface area contributed by atoms with Gasteiger partial charge >= 0.3 is 0 Å². The SMILES string of the molecule is CN(C)CC(C)(C)CNS(=O)(=O)c1cc(N)ccc1F. The van der Waals surface area contributed by atoms with E-state index in [9.17, 15) is 12.8 Å². The molecular formula is C13H22FN3O2S. The van der Waals surface area contributed by atoms with Crippen molar-refractivity contribution >= 4 is 15.7 Å². The molecule has 0 aliphatic heterocycles. The molecule has 20 heavy (non-hydrogen) atoms. The highest BCUT2D eigenvalue weighted by Crippen LogP contribution is 2.20. The third kappa shape index (κ3) is 4.73. The zero-order chi connectivity index (χ0) is 15.6. The molecule has 7 heteroatoms. The van der Waals surface area contributed by atoms with E-state index in [1.807, 2.05) is 32.8 Å². The largest absolute Gasteiger partial charge is 0.399 e. The molecule has 0 atom stereocenters. The standard InChI is InChI=1S/C13H22FN3O2S/c1-13(2,9-17(3)4)8-16-20(18,19)12-7-10(15)5-6-11(12)14/h5-7,16H,8-9,15H2,1-4H3. The van der Waals surface area contributed by atoms with Crippen LogP contribution in [-0.2, 0) is 10.0 Å². The smallest absolute Gasteiger partial charge is 0.243 e. The van der Waals surface area contributed by atoms with Crippen LogP contribution in [0.15, 0.2) is 23.1 Å². The van der Waals surface area contributed by atoms with Crippen molar-refractivity contribution in [1.82, 2.24) is 9.62 Å². The van der Waals surface area contributed by atoms with Gasteiger partial charge in [0.15, 0.2) is 0 Å². The molecule has 5 nitrogen and oxygen atoms in total. The first-order valence-electron chi connectivity index (χ1n) is 6.23. The molecule has 1 rings (SSSR count). The summed E-state index contributed by atoms with van der Waals surface area (Å²) in [5, 5.41) is 0. The van der Waals surface area contributed by atoms with Gasteiger partial charge in [-0.15, -0.1) is 0 Å². The van der Waals surface area contributed by atoms with E-state index in [2.05, 4.69) is 4.72 Å². The van der Waals surface area contributed by atoms with Gasteiger partial charge in [0.2, 0.25) is 10.0 Å². The fourth-order valence-electron chi connectivity index (χ4n) is 2.01. The fourth-order valence-corrected chi connectivity index (χ4v) is 3.36. The molecule has 0 amide bonds. The van der Waals surface area contributed by atoms with E-state index >= 15 is 0 Å². The number of anilines is 1. The number of sulfonamides is 1. The van der Waals surface area contributed by atoms with Crippen molar-refractivity contribution in [2.24, 2.45) is 5.41 Å². The van der Waals surface area contributed by atoms with E-state index in [-0.39, 0.29) is 17.6 Å². The van der Waals surface area contributed by atoms with Gasteiger partial charge in [0.05, 0.1) is 0 Å². The lowest BCUT2D eigenvalue weighted by Gasteiger charge is -2.28. The Bertz CT molecular complexity index is 571. The monoisotopic (exact) mass is 303 g/mol. The van der Waals surface area contributed by atoms with Crippen molar-refractivity contribution in [1.29, 1.82) is 0 Å². The number of benzene rings is 1. The molecule has 0 fully saturated rings. The molecule has 0 saturated heterocycles. The molecule has 0 aliphatic rings. The summed E-state index contributed by atoms with van der Waals surface area (Å²) in [6, 6.07) is 3.50. The molecule has 0 saturated carbocycles. The molecule has 3 N–H and O–H groups in total. The molecule has 0 radical (unpaired) electrons. The van der Waals surface area contributed by atoms with Gasteiger partial charge in [-0.1, -0.05) is 13.8 Å². The molecule has 0 aromatic heterocycles. The van der Waals surface area contributed by atoms with Crippen molar-refractivity contribution in [2.75, 3.05) is 32.9 Å². The predicted octanol–water partition coefficient (Wildman–Crippen LogP) is 1.27. The van der Waals surface area contributed by atoms with Crippen LogP contribution in [0.3, 0.4) is 0 Å². The number of nitrogens with two attached hydrogens (primary N) is 1. The van der Waals surface area contributed by atoms with Gasteiger partial charge in [-0.2, -0.15) is 0 Å². The Kier molecular flexibility index (Phi) is 5.12. The Morgan fingerprint density at radius 3 is 2.50 bits per heavy atom. The van der Waals surface area contributed by atoms with Gasteiger partial charge < -0.3 is 10.6 Å². The van der Waals surface area contributed by atoms with Crippen LogP contribution in [0.1, 0.15) is 13.8 Å². The molecule has 0 heterocycles. The molecule has 0 aliphatic carbocycles. The molecule has 114 valence electrons. The van der Waals surface area contributed by atoms with Crippen LogP contribution in [0.25, 0.3) is 0 Å². The Morgan fingerprint density at radius 2 is 1.95 bits per heavy atom. The highest BCUT2D eigenvalue weighted by molar-refractivity contribution is 7.89. The first-order valence-corrected chi connectivity index (χ1v) is 7.71. The van der Waals surface area contributed by atoms with Crippen molar-refractivity contribution in [3.63, 3.8) is 0 Å². The summed E-state index contributed by atoms with van der Waals surface area (Å²) in [5.74, 6) is -0.808. The van der Waals surface area contributed by atoms with Crippen LogP contribution in [0.4, 0.5) is 10.1 Å². The number of nitrogen functional groups attached to an aromatic ring is 1. The first-order chi connectivity index (χ1) is 9.03. The van der Waals surface area contributed by atoms with Crippen LogP contribution in [0.2, 0.25) is 0 Å². The van der Waals surface area contributed by atoms with Gasteiger partial charge in [-0.25, -0.2) is 17.5 Å². The zero-order valence-corrected chi connectivity index (χ0v) is 13.1. The van der Waals surface area contributed by atoms with Gasteiger partial charge in [-0.05, 0) is 37.7 Å². The minimum Gasteiger partial charge on any atom is -0.399 e. The minimum absolute atomic E-state index is 0.208. The maximum atomic E-state index is 13.6. The van der Waals surface area contributed by atoms with Gasteiger partial charge in [0, 0.05) is 18.8 Å². The summed E-state index contributed by atoms with van der Waals surface area (Å²) in [5.41, 5.74) is 5.44. The summed E-state index contributed by atoms with van der Waals surface area (Å²) >= 11 is 0. The number of nitrogens with one attached hydrogen (secondary N) is 1. The molecule has 0 spiro atoms. The maximum absolute atomic E-state index is 13.6. The van der Waals surface area contributed by atoms with E-state index in [1.54, 1.807) is 0 Å². The summed E-state index contributed by atoms with van der Waals surface area (Å²) in [7, 11) is -0.0849.